The molecular weight excluding hydrogens is 170 g/mol. The van der Waals surface area contributed by atoms with Crippen LogP contribution in [0.15, 0.2) is 24.8 Å². The van der Waals surface area contributed by atoms with Crippen molar-refractivity contribution in [1.82, 2.24) is 0 Å². The minimum Gasteiger partial charge on any atom is -0.198 e. The van der Waals surface area contributed by atoms with Crippen molar-refractivity contribution in [2.75, 3.05) is 0 Å². The van der Waals surface area contributed by atoms with E-state index in [2.05, 4.69) is 18.7 Å². The van der Waals surface area contributed by atoms with Crippen LogP contribution in [-0.2, 0) is 0 Å². The molecule has 1 unspecified atom stereocenters. The van der Waals surface area contributed by atoms with Crippen LogP contribution in [0.1, 0.15) is 45.4 Å². The molecule has 1 heteroatoms. The molecule has 0 aromatic heterocycles. The summed E-state index contributed by atoms with van der Waals surface area (Å²) >= 11 is 0. The van der Waals surface area contributed by atoms with E-state index in [4.69, 9.17) is 5.26 Å². The van der Waals surface area contributed by atoms with Crippen molar-refractivity contribution < 1.29 is 0 Å². The van der Waals surface area contributed by atoms with Crippen molar-refractivity contribution >= 4 is 0 Å². The average molecular weight is 191 g/mol. The number of rotatable bonds is 8. The average Bonchev–Trinajstić information content (AvgIpc) is 2.21. The number of nitriles is 1. The van der Waals surface area contributed by atoms with E-state index < -0.39 is 0 Å². The Hall–Kier alpha value is -1.03. The van der Waals surface area contributed by atoms with Gasteiger partial charge in [-0.25, -0.2) is 0 Å². The topological polar surface area (TPSA) is 23.8 Å². The first-order valence-corrected chi connectivity index (χ1v) is 5.48. The molecule has 0 fully saturated rings. The van der Waals surface area contributed by atoms with Gasteiger partial charge in [0.05, 0.1) is 6.07 Å². The van der Waals surface area contributed by atoms with E-state index >= 15 is 0 Å². The molecule has 0 saturated carbocycles. The van der Waals surface area contributed by atoms with Gasteiger partial charge in [-0.1, -0.05) is 44.1 Å². The Morgan fingerprint density at radius 2 is 2.00 bits per heavy atom. The predicted molar refractivity (Wildman–Crippen MR) is 61.8 cm³/mol. The first kappa shape index (κ1) is 13.0. The van der Waals surface area contributed by atoms with E-state index in [1.165, 1.54) is 25.7 Å². The highest BCUT2D eigenvalue weighted by molar-refractivity contribution is 4.96. The number of nitrogens with zero attached hydrogens (tertiary/aromatic N) is 1. The van der Waals surface area contributed by atoms with Crippen molar-refractivity contribution in [2.45, 2.75) is 45.4 Å². The molecule has 0 rings (SSSR count). The van der Waals surface area contributed by atoms with Gasteiger partial charge in [0, 0.05) is 5.92 Å². The van der Waals surface area contributed by atoms with Crippen LogP contribution in [0.5, 0.6) is 0 Å². The van der Waals surface area contributed by atoms with Crippen LogP contribution >= 0.6 is 0 Å². The smallest absolute Gasteiger partial charge is 0.0652 e. The highest BCUT2D eigenvalue weighted by atomic mass is 14.3. The lowest BCUT2D eigenvalue weighted by atomic mass is 10.0. The zero-order valence-corrected chi connectivity index (χ0v) is 9.21. The summed E-state index contributed by atoms with van der Waals surface area (Å²) < 4.78 is 0. The molecular formula is C13H21N. The molecule has 78 valence electrons. The number of hydrogen-bond donors (Lipinski definition) is 0. The van der Waals surface area contributed by atoms with Gasteiger partial charge in [0.25, 0.3) is 0 Å². The van der Waals surface area contributed by atoms with Crippen LogP contribution in [0.4, 0.5) is 0 Å². The van der Waals surface area contributed by atoms with Gasteiger partial charge in [0.1, 0.15) is 0 Å². The van der Waals surface area contributed by atoms with Gasteiger partial charge in [-0.3, -0.25) is 0 Å². The zero-order chi connectivity index (χ0) is 10.6. The Morgan fingerprint density at radius 3 is 2.64 bits per heavy atom. The Kier molecular flexibility index (Phi) is 9.31. The highest BCUT2D eigenvalue weighted by Gasteiger charge is 1.97. The van der Waals surface area contributed by atoms with Crippen LogP contribution in [0.25, 0.3) is 0 Å². The Balaban J connectivity index is 3.11. The molecule has 0 spiro atoms. The van der Waals surface area contributed by atoms with Crippen LogP contribution in [0.3, 0.4) is 0 Å². The molecule has 0 saturated heterocycles. The Labute approximate surface area is 88.1 Å². The lowest BCUT2D eigenvalue weighted by Crippen LogP contribution is -1.89. The van der Waals surface area contributed by atoms with Crippen molar-refractivity contribution in [3.8, 4) is 6.07 Å². The van der Waals surface area contributed by atoms with Gasteiger partial charge < -0.3 is 0 Å². The normalized spacial score (nSPS) is 12.6. The summed E-state index contributed by atoms with van der Waals surface area (Å²) in [5.74, 6) is 0.232. The first-order chi connectivity index (χ1) is 6.81. The fraction of sp³-hybridized carbons (Fsp3) is 0.615. The third-order valence-corrected chi connectivity index (χ3v) is 2.25. The molecule has 0 N–H and O–H groups in total. The van der Waals surface area contributed by atoms with Crippen LogP contribution in [-0.4, -0.2) is 0 Å². The number of allylic oxidation sites excluding steroid dienone is 3. The van der Waals surface area contributed by atoms with Gasteiger partial charge in [-0.2, -0.15) is 5.26 Å². The predicted octanol–water partition coefficient (Wildman–Crippen LogP) is 4.23. The van der Waals surface area contributed by atoms with E-state index in [0.29, 0.717) is 0 Å². The summed E-state index contributed by atoms with van der Waals surface area (Å²) in [5.41, 5.74) is 0. The highest BCUT2D eigenvalue weighted by Crippen LogP contribution is 2.10. The monoisotopic (exact) mass is 191 g/mol. The summed E-state index contributed by atoms with van der Waals surface area (Å²) in [6.45, 7) is 5.61. The molecule has 0 aliphatic carbocycles. The molecule has 0 heterocycles. The second kappa shape index (κ2) is 10.1. The van der Waals surface area contributed by atoms with Gasteiger partial charge in [-0.05, 0) is 26.2 Å². The SMILES string of the molecule is C=C/C=C/CCCCCCC(C)C#N. The van der Waals surface area contributed by atoms with E-state index in [-0.39, 0.29) is 5.92 Å². The molecule has 0 aromatic carbocycles. The summed E-state index contributed by atoms with van der Waals surface area (Å²) in [6, 6.07) is 2.26. The molecule has 0 aromatic rings. The van der Waals surface area contributed by atoms with E-state index in [0.717, 1.165) is 12.8 Å². The van der Waals surface area contributed by atoms with E-state index in [9.17, 15) is 0 Å². The maximum absolute atomic E-state index is 8.57. The van der Waals surface area contributed by atoms with Gasteiger partial charge in [-0.15, -0.1) is 0 Å². The van der Waals surface area contributed by atoms with E-state index in [1.807, 2.05) is 19.1 Å². The summed E-state index contributed by atoms with van der Waals surface area (Å²) in [6.07, 6.45) is 13.2. The minimum absolute atomic E-state index is 0.232. The molecule has 0 radical (unpaired) electrons. The second-order valence-electron chi connectivity index (χ2n) is 3.69. The van der Waals surface area contributed by atoms with Crippen molar-refractivity contribution in [3.05, 3.63) is 24.8 Å². The lowest BCUT2D eigenvalue weighted by molar-refractivity contribution is 0.561. The van der Waals surface area contributed by atoms with Crippen LogP contribution in [0, 0.1) is 17.2 Å². The lowest BCUT2D eigenvalue weighted by Gasteiger charge is -2.01. The van der Waals surface area contributed by atoms with Gasteiger partial charge in [0.2, 0.25) is 0 Å². The van der Waals surface area contributed by atoms with Crippen molar-refractivity contribution in [3.63, 3.8) is 0 Å². The number of hydrogen-bond acceptors (Lipinski definition) is 1. The molecule has 0 aliphatic heterocycles. The minimum atomic E-state index is 0.232. The van der Waals surface area contributed by atoms with Gasteiger partial charge in [0.15, 0.2) is 0 Å². The number of unbranched alkanes of at least 4 members (excludes halogenated alkanes) is 4. The summed E-state index contributed by atoms with van der Waals surface area (Å²) in [7, 11) is 0. The fourth-order valence-electron chi connectivity index (χ4n) is 1.32. The molecule has 0 aliphatic rings. The zero-order valence-electron chi connectivity index (χ0n) is 9.21. The summed E-state index contributed by atoms with van der Waals surface area (Å²) in [5, 5.41) is 8.57. The molecule has 0 amide bonds. The maximum Gasteiger partial charge on any atom is 0.0652 e. The van der Waals surface area contributed by atoms with Crippen molar-refractivity contribution in [2.24, 2.45) is 5.92 Å². The van der Waals surface area contributed by atoms with Gasteiger partial charge >= 0.3 is 0 Å². The summed E-state index contributed by atoms with van der Waals surface area (Å²) in [4.78, 5) is 0. The molecule has 1 atom stereocenters. The molecule has 1 nitrogen and oxygen atoms in total. The largest absolute Gasteiger partial charge is 0.198 e. The second-order valence-corrected chi connectivity index (χ2v) is 3.69. The maximum atomic E-state index is 8.57. The first-order valence-electron chi connectivity index (χ1n) is 5.48. The Bertz CT molecular complexity index is 198. The third-order valence-electron chi connectivity index (χ3n) is 2.25. The quantitative estimate of drug-likeness (QED) is 0.416. The van der Waals surface area contributed by atoms with Crippen LogP contribution < -0.4 is 0 Å². The van der Waals surface area contributed by atoms with Crippen LogP contribution in [0.2, 0.25) is 0 Å². The van der Waals surface area contributed by atoms with Crippen molar-refractivity contribution in [1.29, 1.82) is 5.26 Å². The molecule has 14 heavy (non-hydrogen) atoms. The Morgan fingerprint density at radius 1 is 1.29 bits per heavy atom. The fourth-order valence-corrected chi connectivity index (χ4v) is 1.32. The standard InChI is InChI=1S/C13H21N/c1-3-4-5-6-7-8-9-10-11-13(2)12-14/h3-5,13H,1,6-11H2,2H3/b5-4+. The molecule has 0 bridgehead atoms. The van der Waals surface area contributed by atoms with E-state index in [1.54, 1.807) is 0 Å². The third kappa shape index (κ3) is 9.06.